The lowest BCUT2D eigenvalue weighted by molar-refractivity contribution is -0.132. The number of Topliss-reactive ketones (excluding diaryl/α,β-unsaturated/α-hetero) is 2. The van der Waals surface area contributed by atoms with Crippen LogP contribution in [0.25, 0.3) is 11.1 Å². The van der Waals surface area contributed by atoms with E-state index < -0.39 is 35.1 Å². The maximum absolute atomic E-state index is 12.8. The summed E-state index contributed by atoms with van der Waals surface area (Å²) in [5.41, 5.74) is 0.617. The Bertz CT molecular complexity index is 1330. The number of hydrogen-bond donors (Lipinski definition) is 0. The van der Waals surface area contributed by atoms with Crippen LogP contribution in [0.1, 0.15) is 69.1 Å². The minimum atomic E-state index is -0.752. The normalized spacial score (nSPS) is 14.7. The van der Waals surface area contributed by atoms with Gasteiger partial charge in [0, 0.05) is 47.2 Å². The molecule has 2 aliphatic carbocycles. The van der Waals surface area contributed by atoms with Crippen molar-refractivity contribution in [3.05, 3.63) is 69.8 Å². The highest BCUT2D eigenvalue weighted by atomic mass is 16.5. The molecule has 0 aliphatic heterocycles. The average Bonchev–Trinajstić information content (AvgIpc) is 2.75. The van der Waals surface area contributed by atoms with Gasteiger partial charge in [-0.2, -0.15) is 0 Å². The molecule has 0 unspecified atom stereocenters. The van der Waals surface area contributed by atoms with Crippen molar-refractivity contribution in [2.75, 3.05) is 0 Å². The topological polar surface area (TPSA) is 121 Å². The van der Waals surface area contributed by atoms with Crippen molar-refractivity contribution in [1.29, 1.82) is 0 Å². The molecule has 0 N–H and O–H groups in total. The third-order valence-electron chi connectivity index (χ3n) is 5.49. The number of carbonyl (C=O) groups is 6. The average molecular weight is 458 g/mol. The molecule has 0 amide bonds. The summed E-state index contributed by atoms with van der Waals surface area (Å²) in [6.07, 6.45) is 2.30. The van der Waals surface area contributed by atoms with Crippen LogP contribution in [0.4, 0.5) is 0 Å². The second-order valence-electron chi connectivity index (χ2n) is 7.96. The number of esters is 2. The van der Waals surface area contributed by atoms with Gasteiger partial charge in [-0.05, 0) is 50.3 Å². The van der Waals surface area contributed by atoms with Gasteiger partial charge in [0.1, 0.15) is 0 Å². The maximum Gasteiger partial charge on any atom is 0.308 e. The monoisotopic (exact) mass is 458 g/mol. The van der Waals surface area contributed by atoms with E-state index in [1.807, 2.05) is 0 Å². The van der Waals surface area contributed by atoms with E-state index in [1.54, 1.807) is 0 Å². The van der Waals surface area contributed by atoms with Crippen LogP contribution in [0.15, 0.2) is 47.6 Å². The minimum absolute atomic E-state index is 0.0572. The highest BCUT2D eigenvalue weighted by Crippen LogP contribution is 2.45. The van der Waals surface area contributed by atoms with Crippen molar-refractivity contribution < 1.29 is 38.2 Å². The summed E-state index contributed by atoms with van der Waals surface area (Å²) >= 11 is 0. The summed E-state index contributed by atoms with van der Waals surface area (Å²) in [6, 6.07) is 5.68. The number of ether oxygens (including phenoxy) is 2. The van der Waals surface area contributed by atoms with E-state index in [0.717, 1.165) is 26.0 Å². The van der Waals surface area contributed by atoms with Gasteiger partial charge in [-0.3, -0.25) is 28.8 Å². The van der Waals surface area contributed by atoms with Gasteiger partial charge in [0.2, 0.25) is 0 Å². The van der Waals surface area contributed by atoms with Crippen molar-refractivity contribution in [2.24, 2.45) is 0 Å². The zero-order valence-corrected chi connectivity index (χ0v) is 18.7. The third-order valence-corrected chi connectivity index (χ3v) is 5.49. The summed E-state index contributed by atoms with van der Waals surface area (Å²) in [6.45, 7) is 5.27. The van der Waals surface area contributed by atoms with E-state index in [4.69, 9.17) is 9.47 Å². The van der Waals surface area contributed by atoms with E-state index in [2.05, 4.69) is 0 Å². The fourth-order valence-corrected chi connectivity index (χ4v) is 4.05. The second kappa shape index (κ2) is 8.15. The Morgan fingerprint density at radius 2 is 0.912 bits per heavy atom. The standard InChI is InChI=1S/C26H18O8/c1-11-9-19(29)21-17(23(11)31)7-5-15(25(21)33-13(3)27)16-6-8-18-22(26(16)34-14(4)28)20(30)10-12(2)24(18)32/h5-10H,1-4H3. The molecule has 0 saturated heterocycles. The quantitative estimate of drug-likeness (QED) is 0.502. The molecule has 2 aromatic carbocycles. The van der Waals surface area contributed by atoms with Crippen LogP contribution >= 0.6 is 0 Å². The van der Waals surface area contributed by atoms with Gasteiger partial charge in [-0.25, -0.2) is 0 Å². The van der Waals surface area contributed by atoms with Gasteiger partial charge in [0.05, 0.1) is 11.1 Å². The van der Waals surface area contributed by atoms with Gasteiger partial charge in [-0.15, -0.1) is 0 Å². The van der Waals surface area contributed by atoms with Crippen LogP contribution in [-0.4, -0.2) is 35.1 Å². The summed E-state index contributed by atoms with van der Waals surface area (Å²) in [7, 11) is 0. The van der Waals surface area contributed by atoms with Crippen molar-refractivity contribution in [1.82, 2.24) is 0 Å². The summed E-state index contributed by atoms with van der Waals surface area (Å²) < 4.78 is 10.8. The molecule has 0 aromatic heterocycles. The molecule has 0 atom stereocenters. The highest BCUT2D eigenvalue weighted by molar-refractivity contribution is 6.27. The Kier molecular flexibility index (Phi) is 5.45. The Hall–Kier alpha value is -4.46. The molecule has 0 spiro atoms. The first-order valence-corrected chi connectivity index (χ1v) is 10.3. The molecular weight excluding hydrogens is 440 g/mol. The van der Waals surface area contributed by atoms with Gasteiger partial charge >= 0.3 is 11.9 Å². The Labute approximate surface area is 193 Å². The number of fused-ring (bicyclic) bond motifs is 2. The number of benzene rings is 2. The molecule has 0 saturated carbocycles. The van der Waals surface area contributed by atoms with Gasteiger partial charge in [0.25, 0.3) is 0 Å². The molecule has 8 heteroatoms. The van der Waals surface area contributed by atoms with E-state index in [-0.39, 0.29) is 56.0 Å². The molecule has 2 aliphatic rings. The minimum Gasteiger partial charge on any atom is -0.425 e. The smallest absolute Gasteiger partial charge is 0.308 e. The molecule has 0 heterocycles. The van der Waals surface area contributed by atoms with Gasteiger partial charge in [-0.1, -0.05) is 0 Å². The van der Waals surface area contributed by atoms with Gasteiger partial charge in [0.15, 0.2) is 34.6 Å². The molecule has 4 rings (SSSR count). The zero-order valence-electron chi connectivity index (χ0n) is 18.7. The Morgan fingerprint density at radius 3 is 1.24 bits per heavy atom. The number of rotatable bonds is 3. The zero-order chi connectivity index (χ0) is 24.9. The van der Waals surface area contributed by atoms with Crippen molar-refractivity contribution >= 4 is 35.1 Å². The number of ketones is 4. The summed E-state index contributed by atoms with van der Waals surface area (Å²) in [5, 5.41) is 0. The van der Waals surface area contributed by atoms with E-state index in [9.17, 15) is 28.8 Å². The van der Waals surface area contributed by atoms with Crippen molar-refractivity contribution in [3.8, 4) is 22.6 Å². The van der Waals surface area contributed by atoms with E-state index >= 15 is 0 Å². The van der Waals surface area contributed by atoms with Crippen LogP contribution in [0.5, 0.6) is 11.5 Å². The summed E-state index contributed by atoms with van der Waals surface area (Å²) in [5.74, 6) is -3.80. The van der Waals surface area contributed by atoms with Crippen molar-refractivity contribution in [3.63, 3.8) is 0 Å². The SMILES string of the molecule is CC(=O)Oc1c(-c2ccc3c(c2OC(C)=O)C(=O)C=C(C)C3=O)ccc2c1C(=O)C=C(C)C2=O. The number of hydrogen-bond acceptors (Lipinski definition) is 8. The van der Waals surface area contributed by atoms with E-state index in [1.165, 1.54) is 38.1 Å². The molecular formula is C26H18O8. The first-order valence-electron chi connectivity index (χ1n) is 10.3. The molecule has 0 fully saturated rings. The van der Waals surface area contributed by atoms with Crippen LogP contribution < -0.4 is 9.47 Å². The van der Waals surface area contributed by atoms with Crippen LogP contribution in [0, 0.1) is 0 Å². The van der Waals surface area contributed by atoms with Gasteiger partial charge < -0.3 is 9.47 Å². The largest absolute Gasteiger partial charge is 0.425 e. The molecule has 2 aromatic rings. The van der Waals surface area contributed by atoms with Crippen LogP contribution in [0.2, 0.25) is 0 Å². The predicted octanol–water partition coefficient (Wildman–Crippen LogP) is 3.85. The molecule has 170 valence electrons. The summed E-state index contributed by atoms with van der Waals surface area (Å²) in [4.78, 5) is 74.8. The third kappa shape index (κ3) is 3.59. The number of carbonyl (C=O) groups excluding carboxylic acids is 6. The maximum atomic E-state index is 12.8. The molecule has 0 radical (unpaired) electrons. The first-order chi connectivity index (χ1) is 16.0. The molecule has 8 nitrogen and oxygen atoms in total. The lowest BCUT2D eigenvalue weighted by Gasteiger charge is -2.22. The lowest BCUT2D eigenvalue weighted by atomic mass is 9.84. The Morgan fingerprint density at radius 1 is 0.588 bits per heavy atom. The highest BCUT2D eigenvalue weighted by Gasteiger charge is 2.33. The predicted molar refractivity (Wildman–Crippen MR) is 119 cm³/mol. The second-order valence-corrected chi connectivity index (χ2v) is 7.96. The molecule has 34 heavy (non-hydrogen) atoms. The fourth-order valence-electron chi connectivity index (χ4n) is 4.05. The Balaban J connectivity index is 2.07. The van der Waals surface area contributed by atoms with Crippen molar-refractivity contribution in [2.45, 2.75) is 27.7 Å². The van der Waals surface area contributed by atoms with Crippen LogP contribution in [-0.2, 0) is 9.59 Å². The number of allylic oxidation sites excluding steroid dienone is 4. The van der Waals surface area contributed by atoms with E-state index in [0.29, 0.717) is 0 Å². The fraction of sp³-hybridized carbons (Fsp3) is 0.154. The first kappa shape index (κ1) is 22.7. The lowest BCUT2D eigenvalue weighted by Crippen LogP contribution is -2.20. The molecule has 0 bridgehead atoms. The van der Waals surface area contributed by atoms with Crippen LogP contribution in [0.3, 0.4) is 0 Å².